The molecule has 2 unspecified atom stereocenters. The van der Waals surface area contributed by atoms with Gasteiger partial charge < -0.3 is 9.84 Å². The first-order valence-corrected chi connectivity index (χ1v) is 7.08. The first-order chi connectivity index (χ1) is 9.74. The fraction of sp³-hybridized carbons (Fsp3) is 0.467. The lowest BCUT2D eigenvalue weighted by molar-refractivity contribution is 0.0947. The molecular weight excluding hydrogens is 252 g/mol. The van der Waals surface area contributed by atoms with Gasteiger partial charge in [0.1, 0.15) is 0 Å². The van der Waals surface area contributed by atoms with Crippen molar-refractivity contribution in [3.8, 4) is 11.4 Å². The van der Waals surface area contributed by atoms with Gasteiger partial charge in [0, 0.05) is 30.7 Å². The Morgan fingerprint density at radius 2 is 1.90 bits per heavy atom. The Kier molecular flexibility index (Phi) is 3.80. The minimum Gasteiger partial charge on any atom is -0.338 e. The van der Waals surface area contributed by atoms with Gasteiger partial charge in [0.05, 0.1) is 6.54 Å². The van der Waals surface area contributed by atoms with Crippen LogP contribution in [0.15, 0.2) is 34.9 Å². The SMILES string of the molecule is CC1CNCC(C)N1Cc1nc(-c2ccccc2)no1. The van der Waals surface area contributed by atoms with Crippen LogP contribution < -0.4 is 5.32 Å². The molecule has 0 aliphatic carbocycles. The van der Waals surface area contributed by atoms with Crippen molar-refractivity contribution in [2.45, 2.75) is 32.5 Å². The number of piperazine rings is 1. The minimum absolute atomic E-state index is 0.478. The second kappa shape index (κ2) is 5.73. The quantitative estimate of drug-likeness (QED) is 0.925. The van der Waals surface area contributed by atoms with E-state index in [0.29, 0.717) is 30.3 Å². The summed E-state index contributed by atoms with van der Waals surface area (Å²) in [6.07, 6.45) is 0. The normalized spacial score (nSPS) is 23.9. The van der Waals surface area contributed by atoms with Gasteiger partial charge in [-0.1, -0.05) is 35.5 Å². The standard InChI is InChI=1S/C15H20N4O/c1-11-8-16-9-12(2)19(11)10-14-17-15(18-20-14)13-6-4-3-5-7-13/h3-7,11-12,16H,8-10H2,1-2H3. The molecule has 0 radical (unpaired) electrons. The molecule has 1 aromatic carbocycles. The van der Waals surface area contributed by atoms with E-state index in [9.17, 15) is 0 Å². The van der Waals surface area contributed by atoms with E-state index in [1.54, 1.807) is 0 Å². The van der Waals surface area contributed by atoms with Crippen LogP contribution in [0.4, 0.5) is 0 Å². The van der Waals surface area contributed by atoms with Crippen LogP contribution in [0.1, 0.15) is 19.7 Å². The van der Waals surface area contributed by atoms with Crippen LogP contribution >= 0.6 is 0 Å². The predicted molar refractivity (Wildman–Crippen MR) is 77.1 cm³/mol. The van der Waals surface area contributed by atoms with Crippen molar-refractivity contribution in [2.75, 3.05) is 13.1 Å². The van der Waals surface area contributed by atoms with Crippen molar-refractivity contribution in [2.24, 2.45) is 0 Å². The summed E-state index contributed by atoms with van der Waals surface area (Å²) < 4.78 is 5.40. The summed E-state index contributed by atoms with van der Waals surface area (Å²) in [6.45, 7) is 7.16. The van der Waals surface area contributed by atoms with Crippen LogP contribution in [0, 0.1) is 0 Å². The molecule has 0 spiro atoms. The Balaban J connectivity index is 1.74. The Morgan fingerprint density at radius 1 is 1.20 bits per heavy atom. The summed E-state index contributed by atoms with van der Waals surface area (Å²) in [6, 6.07) is 10.9. The highest BCUT2D eigenvalue weighted by atomic mass is 16.5. The van der Waals surface area contributed by atoms with Crippen molar-refractivity contribution in [3.05, 3.63) is 36.2 Å². The van der Waals surface area contributed by atoms with Crippen molar-refractivity contribution in [1.82, 2.24) is 20.4 Å². The molecule has 0 saturated carbocycles. The smallest absolute Gasteiger partial charge is 0.241 e. The second-order valence-electron chi connectivity index (χ2n) is 5.41. The van der Waals surface area contributed by atoms with E-state index >= 15 is 0 Å². The molecule has 20 heavy (non-hydrogen) atoms. The van der Waals surface area contributed by atoms with Crippen LogP contribution in [0.5, 0.6) is 0 Å². The van der Waals surface area contributed by atoms with Gasteiger partial charge >= 0.3 is 0 Å². The zero-order valence-corrected chi connectivity index (χ0v) is 11.9. The predicted octanol–water partition coefficient (Wildman–Crippen LogP) is 1.92. The Hall–Kier alpha value is -1.72. The van der Waals surface area contributed by atoms with Gasteiger partial charge in [-0.3, -0.25) is 4.90 Å². The Labute approximate surface area is 119 Å². The van der Waals surface area contributed by atoms with Crippen LogP contribution in [-0.4, -0.2) is 40.2 Å². The first-order valence-electron chi connectivity index (χ1n) is 7.08. The number of nitrogens with zero attached hydrogens (tertiary/aromatic N) is 3. The highest BCUT2D eigenvalue weighted by molar-refractivity contribution is 5.53. The van der Waals surface area contributed by atoms with E-state index in [1.165, 1.54) is 0 Å². The van der Waals surface area contributed by atoms with Crippen molar-refractivity contribution in [3.63, 3.8) is 0 Å². The average molecular weight is 272 g/mol. The summed E-state index contributed by atoms with van der Waals surface area (Å²) in [4.78, 5) is 6.91. The number of nitrogens with one attached hydrogen (secondary N) is 1. The van der Waals surface area contributed by atoms with Gasteiger partial charge in [-0.25, -0.2) is 0 Å². The third-order valence-corrected chi connectivity index (χ3v) is 3.83. The van der Waals surface area contributed by atoms with Gasteiger partial charge in [-0.15, -0.1) is 0 Å². The molecule has 1 fully saturated rings. The topological polar surface area (TPSA) is 54.2 Å². The van der Waals surface area contributed by atoms with E-state index < -0.39 is 0 Å². The zero-order valence-electron chi connectivity index (χ0n) is 11.9. The third kappa shape index (κ3) is 2.73. The van der Waals surface area contributed by atoms with Gasteiger partial charge in [-0.2, -0.15) is 4.98 Å². The molecule has 2 aromatic rings. The number of aromatic nitrogens is 2. The first kappa shape index (κ1) is 13.3. The van der Waals surface area contributed by atoms with Crippen molar-refractivity contribution >= 4 is 0 Å². The van der Waals surface area contributed by atoms with E-state index in [-0.39, 0.29) is 0 Å². The van der Waals surface area contributed by atoms with E-state index in [4.69, 9.17) is 4.52 Å². The summed E-state index contributed by atoms with van der Waals surface area (Å²) in [5.41, 5.74) is 0.990. The lowest BCUT2D eigenvalue weighted by Gasteiger charge is -2.38. The molecule has 2 heterocycles. The molecule has 3 rings (SSSR count). The molecule has 5 nitrogen and oxygen atoms in total. The third-order valence-electron chi connectivity index (χ3n) is 3.83. The summed E-state index contributed by atoms with van der Waals surface area (Å²) >= 11 is 0. The maximum absolute atomic E-state index is 5.40. The maximum Gasteiger partial charge on any atom is 0.241 e. The maximum atomic E-state index is 5.40. The van der Waals surface area contributed by atoms with E-state index in [0.717, 1.165) is 18.7 Å². The molecule has 2 atom stereocenters. The van der Waals surface area contributed by atoms with Gasteiger partial charge in [-0.05, 0) is 13.8 Å². The average Bonchev–Trinajstić information content (AvgIpc) is 2.93. The van der Waals surface area contributed by atoms with Crippen LogP contribution in [0.3, 0.4) is 0 Å². The van der Waals surface area contributed by atoms with Crippen LogP contribution in [-0.2, 0) is 6.54 Å². The molecule has 0 amide bonds. The molecule has 106 valence electrons. The van der Waals surface area contributed by atoms with E-state index in [2.05, 4.69) is 34.2 Å². The fourth-order valence-corrected chi connectivity index (χ4v) is 2.66. The summed E-state index contributed by atoms with van der Waals surface area (Å²) in [5, 5.41) is 7.50. The van der Waals surface area contributed by atoms with Crippen molar-refractivity contribution in [1.29, 1.82) is 0 Å². The summed E-state index contributed by atoms with van der Waals surface area (Å²) in [7, 11) is 0. The monoisotopic (exact) mass is 272 g/mol. The number of hydrogen-bond donors (Lipinski definition) is 1. The number of benzene rings is 1. The molecule has 5 heteroatoms. The second-order valence-corrected chi connectivity index (χ2v) is 5.41. The largest absolute Gasteiger partial charge is 0.338 e. The highest BCUT2D eigenvalue weighted by Crippen LogP contribution is 2.18. The lowest BCUT2D eigenvalue weighted by Crippen LogP contribution is -2.54. The van der Waals surface area contributed by atoms with E-state index in [1.807, 2.05) is 30.3 Å². The molecule has 1 aliphatic rings. The molecule has 1 N–H and O–H groups in total. The van der Waals surface area contributed by atoms with Gasteiger partial charge in [0.2, 0.25) is 11.7 Å². The lowest BCUT2D eigenvalue weighted by atomic mass is 10.1. The van der Waals surface area contributed by atoms with Gasteiger partial charge in [0.25, 0.3) is 0 Å². The van der Waals surface area contributed by atoms with Gasteiger partial charge in [0.15, 0.2) is 0 Å². The summed E-state index contributed by atoms with van der Waals surface area (Å²) in [5.74, 6) is 1.35. The van der Waals surface area contributed by atoms with Crippen LogP contribution in [0.25, 0.3) is 11.4 Å². The fourth-order valence-electron chi connectivity index (χ4n) is 2.66. The molecule has 1 saturated heterocycles. The number of hydrogen-bond acceptors (Lipinski definition) is 5. The molecular formula is C15H20N4O. The molecule has 1 aliphatic heterocycles. The van der Waals surface area contributed by atoms with Crippen LogP contribution in [0.2, 0.25) is 0 Å². The van der Waals surface area contributed by atoms with Crippen molar-refractivity contribution < 1.29 is 4.52 Å². The number of rotatable bonds is 3. The molecule has 0 bridgehead atoms. The Morgan fingerprint density at radius 3 is 2.60 bits per heavy atom. The minimum atomic E-state index is 0.478. The Bertz CT molecular complexity index is 544. The highest BCUT2D eigenvalue weighted by Gasteiger charge is 2.26. The molecule has 1 aromatic heterocycles. The zero-order chi connectivity index (χ0) is 13.9.